The van der Waals surface area contributed by atoms with Crippen LogP contribution in [0.5, 0.6) is 0 Å². The predicted molar refractivity (Wildman–Crippen MR) is 121 cm³/mol. The average Bonchev–Trinajstić information content (AvgIpc) is 3.41. The quantitative estimate of drug-likeness (QED) is 0.674. The number of hydrogen-bond donors (Lipinski definition) is 1. The van der Waals surface area contributed by atoms with Crippen LogP contribution in [0.15, 0.2) is 61.2 Å². The molecule has 1 aliphatic heterocycles. The van der Waals surface area contributed by atoms with Crippen molar-refractivity contribution in [3.63, 3.8) is 0 Å². The number of hydrogen-bond acceptors (Lipinski definition) is 5. The third-order valence-corrected chi connectivity index (χ3v) is 6.29. The van der Waals surface area contributed by atoms with Crippen LogP contribution in [-0.4, -0.2) is 72.0 Å². The van der Waals surface area contributed by atoms with Crippen LogP contribution in [0, 0.1) is 0 Å². The van der Waals surface area contributed by atoms with E-state index in [-0.39, 0.29) is 32.1 Å². The van der Waals surface area contributed by atoms with Gasteiger partial charge in [-0.1, -0.05) is 61.2 Å². The summed E-state index contributed by atoms with van der Waals surface area (Å²) in [4.78, 5) is 39.4. The Morgan fingerprint density at radius 3 is 2.27 bits per heavy atom. The minimum atomic E-state index is -1.14. The number of rotatable bonds is 6. The molecule has 4 rings (SSSR count). The number of fused-ring (bicyclic) bond motifs is 3. The summed E-state index contributed by atoms with van der Waals surface area (Å²) in [5.74, 6) is -1.27. The number of nitrogens with zero attached hydrogens (tertiary/aromatic N) is 2. The van der Waals surface area contributed by atoms with Crippen molar-refractivity contribution in [3.05, 3.63) is 72.3 Å². The van der Waals surface area contributed by atoms with Gasteiger partial charge in [0.1, 0.15) is 19.3 Å². The Bertz CT molecular complexity index is 1040. The summed E-state index contributed by atoms with van der Waals surface area (Å²) < 4.78 is 10.7. The second kappa shape index (κ2) is 9.36. The molecular weight excluding hydrogens is 424 g/mol. The number of carboxylic acids is 1. The van der Waals surface area contributed by atoms with Crippen molar-refractivity contribution in [2.45, 2.75) is 24.4 Å². The van der Waals surface area contributed by atoms with Gasteiger partial charge < -0.3 is 19.5 Å². The van der Waals surface area contributed by atoms with Gasteiger partial charge in [0.05, 0.1) is 6.04 Å². The van der Waals surface area contributed by atoms with Crippen molar-refractivity contribution in [2.75, 3.05) is 26.8 Å². The minimum Gasteiger partial charge on any atom is -0.480 e. The van der Waals surface area contributed by atoms with E-state index in [1.165, 1.54) is 22.9 Å². The van der Waals surface area contributed by atoms with E-state index in [2.05, 4.69) is 6.58 Å². The van der Waals surface area contributed by atoms with E-state index in [1.807, 2.05) is 48.5 Å². The van der Waals surface area contributed by atoms with Crippen molar-refractivity contribution in [3.8, 4) is 11.1 Å². The monoisotopic (exact) mass is 450 g/mol. The van der Waals surface area contributed by atoms with Crippen LogP contribution in [0.25, 0.3) is 11.1 Å². The normalized spacial score (nSPS) is 18.9. The summed E-state index contributed by atoms with van der Waals surface area (Å²) in [7, 11) is 1.52. The van der Waals surface area contributed by atoms with E-state index < -0.39 is 30.2 Å². The molecule has 172 valence electrons. The Labute approximate surface area is 192 Å². The molecule has 2 aromatic carbocycles. The molecule has 1 heterocycles. The first kappa shape index (κ1) is 22.4. The summed E-state index contributed by atoms with van der Waals surface area (Å²) >= 11 is 0. The molecule has 0 bridgehead atoms. The molecule has 0 saturated carbocycles. The zero-order valence-electron chi connectivity index (χ0n) is 18.3. The number of likely N-dealkylation sites (tertiary alicyclic amines) is 1. The molecule has 8 nitrogen and oxygen atoms in total. The van der Waals surface area contributed by atoms with Gasteiger partial charge in [0, 0.05) is 25.9 Å². The highest BCUT2D eigenvalue weighted by Gasteiger charge is 2.43. The molecule has 2 atom stereocenters. The molecule has 0 radical (unpaired) electrons. The third-order valence-electron chi connectivity index (χ3n) is 6.29. The lowest BCUT2D eigenvalue weighted by Gasteiger charge is -2.24. The summed E-state index contributed by atoms with van der Waals surface area (Å²) in [6.45, 7) is 3.69. The number of carboxylic acid groups (broad SMARTS) is 1. The minimum absolute atomic E-state index is 0.0489. The Balaban J connectivity index is 1.46. The van der Waals surface area contributed by atoms with Crippen molar-refractivity contribution >= 4 is 18.2 Å². The lowest BCUT2D eigenvalue weighted by molar-refractivity contribution is -0.141. The number of ether oxygens (including phenoxy) is 2. The number of amides is 2. The predicted octanol–water partition coefficient (Wildman–Crippen LogP) is 3.72. The molecule has 2 aromatic rings. The van der Waals surface area contributed by atoms with Gasteiger partial charge in [-0.15, -0.1) is 0 Å². The third kappa shape index (κ3) is 4.28. The van der Waals surface area contributed by atoms with Gasteiger partial charge in [0.25, 0.3) is 0 Å². The highest BCUT2D eigenvalue weighted by molar-refractivity contribution is 5.82. The average molecular weight is 450 g/mol. The fourth-order valence-corrected chi connectivity index (χ4v) is 4.59. The summed E-state index contributed by atoms with van der Waals surface area (Å²) in [6.07, 6.45) is 0.237. The van der Waals surface area contributed by atoms with Crippen molar-refractivity contribution in [2.24, 2.45) is 0 Å². The molecule has 1 N–H and O–H groups in total. The van der Waals surface area contributed by atoms with Crippen LogP contribution in [0.3, 0.4) is 0 Å². The van der Waals surface area contributed by atoms with E-state index in [4.69, 9.17) is 9.47 Å². The number of carbonyl (C=O) groups excluding carboxylic acids is 2. The molecule has 0 unspecified atom stereocenters. The van der Waals surface area contributed by atoms with Crippen LogP contribution in [0.1, 0.15) is 23.5 Å². The maximum absolute atomic E-state index is 12.9. The molecule has 2 amide bonds. The Morgan fingerprint density at radius 1 is 1.09 bits per heavy atom. The highest BCUT2D eigenvalue weighted by Crippen LogP contribution is 2.44. The number of benzene rings is 2. The van der Waals surface area contributed by atoms with Gasteiger partial charge in [0.15, 0.2) is 0 Å². The largest absolute Gasteiger partial charge is 0.480 e. The first-order valence-corrected chi connectivity index (χ1v) is 10.8. The summed E-state index contributed by atoms with van der Waals surface area (Å²) in [5.41, 5.74) is 4.37. The Hall–Kier alpha value is -3.81. The van der Waals surface area contributed by atoms with E-state index in [0.717, 1.165) is 22.3 Å². The zero-order valence-corrected chi connectivity index (χ0v) is 18.3. The van der Waals surface area contributed by atoms with Gasteiger partial charge in [-0.25, -0.2) is 14.4 Å². The van der Waals surface area contributed by atoms with Crippen molar-refractivity contribution < 1.29 is 29.0 Å². The first-order valence-electron chi connectivity index (χ1n) is 10.8. The molecule has 1 fully saturated rings. The van der Waals surface area contributed by atoms with Crippen LogP contribution in [-0.2, 0) is 14.3 Å². The second-order valence-corrected chi connectivity index (χ2v) is 8.18. The van der Waals surface area contributed by atoms with Gasteiger partial charge in [0.2, 0.25) is 0 Å². The summed E-state index contributed by atoms with van der Waals surface area (Å²) in [5, 5.41) is 9.65. The molecule has 2 aliphatic rings. The Kier molecular flexibility index (Phi) is 6.35. The van der Waals surface area contributed by atoms with E-state index in [0.29, 0.717) is 0 Å². The number of aliphatic carboxylic acids is 1. The van der Waals surface area contributed by atoms with Crippen LogP contribution >= 0.6 is 0 Å². The standard InChI is InChI=1S/C25H26N2O6/c1-3-12-32-24(30)26(2)16-13-22(23(28)29)27(14-16)25(31)33-15-21-19-10-6-4-8-17(19)18-9-5-7-11-20(18)21/h3-11,16,21-22H,1,12-15H2,2H3,(H,28,29)/t16-,22-/m0/s1. The Morgan fingerprint density at radius 2 is 1.70 bits per heavy atom. The van der Waals surface area contributed by atoms with Gasteiger partial charge in [-0.2, -0.15) is 0 Å². The molecule has 0 aromatic heterocycles. The molecule has 1 saturated heterocycles. The maximum Gasteiger partial charge on any atom is 0.410 e. The van der Waals surface area contributed by atoms with E-state index >= 15 is 0 Å². The molecule has 1 aliphatic carbocycles. The lowest BCUT2D eigenvalue weighted by atomic mass is 9.98. The van der Waals surface area contributed by atoms with Crippen molar-refractivity contribution in [1.82, 2.24) is 9.80 Å². The molecular formula is C25H26N2O6. The van der Waals surface area contributed by atoms with Crippen LogP contribution < -0.4 is 0 Å². The molecule has 8 heteroatoms. The fraction of sp³-hybridized carbons (Fsp3) is 0.320. The SMILES string of the molecule is C=CCOC(=O)N(C)[C@H]1C[C@@H](C(=O)O)N(C(=O)OCC2c3ccccc3-c3ccccc32)C1. The zero-order chi connectivity index (χ0) is 23.5. The van der Waals surface area contributed by atoms with Gasteiger partial charge in [-0.05, 0) is 22.3 Å². The van der Waals surface area contributed by atoms with Gasteiger partial charge >= 0.3 is 18.2 Å². The maximum atomic E-state index is 12.9. The second-order valence-electron chi connectivity index (χ2n) is 8.18. The topological polar surface area (TPSA) is 96.4 Å². The van der Waals surface area contributed by atoms with Crippen LogP contribution in [0.2, 0.25) is 0 Å². The summed E-state index contributed by atoms with van der Waals surface area (Å²) in [6, 6.07) is 14.4. The van der Waals surface area contributed by atoms with Crippen molar-refractivity contribution in [1.29, 1.82) is 0 Å². The van der Waals surface area contributed by atoms with E-state index in [9.17, 15) is 19.5 Å². The van der Waals surface area contributed by atoms with E-state index in [1.54, 1.807) is 0 Å². The number of carbonyl (C=O) groups is 3. The first-order chi connectivity index (χ1) is 15.9. The van der Waals surface area contributed by atoms with Crippen LogP contribution in [0.4, 0.5) is 9.59 Å². The molecule has 0 spiro atoms. The number of likely N-dealkylation sites (N-methyl/N-ethyl adjacent to an activating group) is 1. The lowest BCUT2D eigenvalue weighted by Crippen LogP contribution is -2.42. The fourth-order valence-electron chi connectivity index (χ4n) is 4.59. The molecule has 33 heavy (non-hydrogen) atoms. The van der Waals surface area contributed by atoms with Gasteiger partial charge in [-0.3, -0.25) is 4.90 Å². The smallest absolute Gasteiger partial charge is 0.410 e. The highest BCUT2D eigenvalue weighted by atomic mass is 16.6.